The largest absolute Gasteiger partial charge is 0.438 e. The molecule has 0 amide bonds. The lowest BCUT2D eigenvalue weighted by atomic mass is 10.1. The molecule has 120 valence electrons. The highest BCUT2D eigenvalue weighted by Crippen LogP contribution is 2.34. The maximum atomic E-state index is 9.37. The van der Waals surface area contributed by atoms with E-state index in [4.69, 9.17) is 15.2 Å². The lowest BCUT2D eigenvalue weighted by molar-refractivity contribution is 0.0952. The minimum atomic E-state index is 0.106. The van der Waals surface area contributed by atoms with Crippen molar-refractivity contribution in [2.75, 3.05) is 12.3 Å². The molecule has 2 aromatic rings. The number of benzene rings is 1. The van der Waals surface area contributed by atoms with Gasteiger partial charge < -0.3 is 15.2 Å². The molecular formula is C18H21N3O2. The predicted molar refractivity (Wildman–Crippen MR) is 88.5 cm³/mol. The Bertz CT molecular complexity index is 752. The van der Waals surface area contributed by atoms with Crippen molar-refractivity contribution < 1.29 is 9.47 Å². The van der Waals surface area contributed by atoms with Crippen LogP contribution in [0.25, 0.3) is 0 Å². The van der Waals surface area contributed by atoms with Gasteiger partial charge in [0, 0.05) is 12.7 Å². The Labute approximate surface area is 136 Å². The maximum Gasteiger partial charge on any atom is 0.224 e. The second kappa shape index (κ2) is 6.35. The standard InChI is InChI=1S/C18H21N3O2/c1-12-5-6-13(2)17(8-12)23-18-16(20)9-14(10-19)21(18)11-15-4-3-7-22-15/h5-6,8-9,15H,3-4,7,11,20H2,1-2H3. The minimum absolute atomic E-state index is 0.106. The summed E-state index contributed by atoms with van der Waals surface area (Å²) in [4.78, 5) is 0. The van der Waals surface area contributed by atoms with E-state index in [-0.39, 0.29) is 6.10 Å². The first kappa shape index (κ1) is 15.4. The van der Waals surface area contributed by atoms with Gasteiger partial charge in [-0.3, -0.25) is 4.57 Å². The SMILES string of the molecule is Cc1ccc(C)c(Oc2c(N)cc(C#N)n2CC2CCCO2)c1. The lowest BCUT2D eigenvalue weighted by Gasteiger charge is -2.17. The van der Waals surface area contributed by atoms with Gasteiger partial charge in [-0.05, 0) is 43.9 Å². The zero-order valence-electron chi connectivity index (χ0n) is 13.5. The van der Waals surface area contributed by atoms with Gasteiger partial charge in [0.2, 0.25) is 5.88 Å². The normalized spacial score (nSPS) is 17.2. The molecule has 1 aromatic heterocycles. The molecule has 0 aliphatic carbocycles. The van der Waals surface area contributed by atoms with E-state index in [0.717, 1.165) is 36.3 Å². The number of nitrogen functional groups attached to an aromatic ring is 1. The zero-order chi connectivity index (χ0) is 16.4. The minimum Gasteiger partial charge on any atom is -0.438 e. The van der Waals surface area contributed by atoms with Crippen molar-refractivity contribution in [3.8, 4) is 17.7 Å². The van der Waals surface area contributed by atoms with Gasteiger partial charge >= 0.3 is 0 Å². The van der Waals surface area contributed by atoms with E-state index >= 15 is 0 Å². The summed E-state index contributed by atoms with van der Waals surface area (Å²) >= 11 is 0. The second-order valence-electron chi connectivity index (χ2n) is 6.02. The molecule has 1 atom stereocenters. The van der Waals surface area contributed by atoms with Crippen LogP contribution in [0.15, 0.2) is 24.3 Å². The molecule has 1 unspecified atom stereocenters. The summed E-state index contributed by atoms with van der Waals surface area (Å²) in [7, 11) is 0. The van der Waals surface area contributed by atoms with Crippen molar-refractivity contribution >= 4 is 5.69 Å². The van der Waals surface area contributed by atoms with Crippen molar-refractivity contribution in [2.45, 2.75) is 39.3 Å². The number of nitriles is 1. The first-order chi connectivity index (χ1) is 11.1. The van der Waals surface area contributed by atoms with Crippen LogP contribution in [0.4, 0.5) is 5.69 Å². The molecule has 1 saturated heterocycles. The summed E-state index contributed by atoms with van der Waals surface area (Å²) in [5.41, 5.74) is 9.20. The van der Waals surface area contributed by atoms with Crippen molar-refractivity contribution in [1.29, 1.82) is 5.26 Å². The van der Waals surface area contributed by atoms with E-state index < -0.39 is 0 Å². The highest BCUT2D eigenvalue weighted by molar-refractivity contribution is 5.57. The third-order valence-electron chi connectivity index (χ3n) is 4.15. The molecule has 2 heterocycles. The fraction of sp³-hybridized carbons (Fsp3) is 0.389. The second-order valence-corrected chi connectivity index (χ2v) is 6.02. The monoisotopic (exact) mass is 311 g/mol. The summed E-state index contributed by atoms with van der Waals surface area (Å²) < 4.78 is 13.6. The average molecular weight is 311 g/mol. The van der Waals surface area contributed by atoms with Gasteiger partial charge in [0.05, 0.1) is 18.3 Å². The first-order valence-electron chi connectivity index (χ1n) is 7.84. The maximum absolute atomic E-state index is 9.37. The number of aromatic nitrogens is 1. The van der Waals surface area contributed by atoms with E-state index in [1.807, 2.05) is 36.6 Å². The van der Waals surface area contributed by atoms with E-state index in [0.29, 0.717) is 23.8 Å². The summed E-state index contributed by atoms with van der Waals surface area (Å²) in [6, 6.07) is 9.88. The summed E-state index contributed by atoms with van der Waals surface area (Å²) in [6.45, 7) is 5.36. The number of hydrogen-bond donors (Lipinski definition) is 1. The first-order valence-corrected chi connectivity index (χ1v) is 7.84. The Hall–Kier alpha value is -2.45. The van der Waals surface area contributed by atoms with Crippen LogP contribution in [0, 0.1) is 25.2 Å². The molecule has 3 rings (SSSR count). The smallest absolute Gasteiger partial charge is 0.224 e. The van der Waals surface area contributed by atoms with Gasteiger partial charge in [-0.2, -0.15) is 5.26 Å². The number of hydrogen-bond acceptors (Lipinski definition) is 4. The number of rotatable bonds is 4. The third kappa shape index (κ3) is 3.17. The molecular weight excluding hydrogens is 290 g/mol. The van der Waals surface area contributed by atoms with E-state index in [2.05, 4.69) is 6.07 Å². The summed E-state index contributed by atoms with van der Waals surface area (Å²) in [5, 5.41) is 9.37. The van der Waals surface area contributed by atoms with Gasteiger partial charge in [-0.25, -0.2) is 0 Å². The quantitative estimate of drug-likeness (QED) is 0.937. The number of nitrogens with two attached hydrogens (primary N) is 1. The van der Waals surface area contributed by atoms with E-state index in [9.17, 15) is 5.26 Å². The fourth-order valence-electron chi connectivity index (χ4n) is 2.85. The molecule has 23 heavy (non-hydrogen) atoms. The number of aryl methyl sites for hydroxylation is 2. The number of nitrogens with zero attached hydrogens (tertiary/aromatic N) is 2. The molecule has 1 aromatic carbocycles. The topological polar surface area (TPSA) is 73.2 Å². The van der Waals surface area contributed by atoms with Crippen LogP contribution >= 0.6 is 0 Å². The Morgan fingerprint density at radius 1 is 1.39 bits per heavy atom. The van der Waals surface area contributed by atoms with Crippen LogP contribution in [-0.2, 0) is 11.3 Å². The summed E-state index contributed by atoms with van der Waals surface area (Å²) in [5.74, 6) is 1.28. The zero-order valence-corrected chi connectivity index (χ0v) is 13.5. The molecule has 0 radical (unpaired) electrons. The van der Waals surface area contributed by atoms with Gasteiger partial charge in [-0.1, -0.05) is 12.1 Å². The third-order valence-corrected chi connectivity index (χ3v) is 4.15. The molecule has 1 fully saturated rings. The average Bonchev–Trinajstić information content (AvgIpc) is 3.14. The Morgan fingerprint density at radius 3 is 2.91 bits per heavy atom. The molecule has 2 N–H and O–H groups in total. The predicted octanol–water partition coefficient (Wildman–Crippen LogP) is 3.53. The Kier molecular flexibility index (Phi) is 4.26. The van der Waals surface area contributed by atoms with Crippen molar-refractivity contribution in [3.63, 3.8) is 0 Å². The van der Waals surface area contributed by atoms with Crippen LogP contribution in [0.1, 0.15) is 29.7 Å². The van der Waals surface area contributed by atoms with Crippen molar-refractivity contribution in [1.82, 2.24) is 4.57 Å². The van der Waals surface area contributed by atoms with E-state index in [1.54, 1.807) is 6.07 Å². The highest BCUT2D eigenvalue weighted by Gasteiger charge is 2.22. The number of ether oxygens (including phenoxy) is 2. The van der Waals surface area contributed by atoms with Crippen LogP contribution in [0.5, 0.6) is 11.6 Å². The molecule has 0 saturated carbocycles. The van der Waals surface area contributed by atoms with Gasteiger partial charge in [-0.15, -0.1) is 0 Å². The molecule has 0 spiro atoms. The number of anilines is 1. The van der Waals surface area contributed by atoms with Crippen molar-refractivity contribution in [2.24, 2.45) is 0 Å². The van der Waals surface area contributed by atoms with Gasteiger partial charge in [0.1, 0.15) is 17.5 Å². The van der Waals surface area contributed by atoms with E-state index in [1.165, 1.54) is 0 Å². The van der Waals surface area contributed by atoms with Crippen LogP contribution in [0.2, 0.25) is 0 Å². The van der Waals surface area contributed by atoms with Gasteiger partial charge in [0.15, 0.2) is 0 Å². The van der Waals surface area contributed by atoms with Crippen LogP contribution in [0.3, 0.4) is 0 Å². The van der Waals surface area contributed by atoms with Crippen LogP contribution in [-0.4, -0.2) is 17.3 Å². The molecule has 1 aliphatic heterocycles. The Morgan fingerprint density at radius 2 is 2.22 bits per heavy atom. The van der Waals surface area contributed by atoms with Crippen molar-refractivity contribution in [3.05, 3.63) is 41.1 Å². The van der Waals surface area contributed by atoms with Crippen LogP contribution < -0.4 is 10.5 Å². The molecule has 0 bridgehead atoms. The fourth-order valence-corrected chi connectivity index (χ4v) is 2.85. The Balaban J connectivity index is 1.95. The van der Waals surface area contributed by atoms with Gasteiger partial charge in [0.25, 0.3) is 0 Å². The highest BCUT2D eigenvalue weighted by atomic mass is 16.5. The molecule has 1 aliphatic rings. The summed E-state index contributed by atoms with van der Waals surface area (Å²) in [6.07, 6.45) is 2.15. The molecule has 5 nitrogen and oxygen atoms in total. The lowest BCUT2D eigenvalue weighted by Crippen LogP contribution is -2.16. The molecule has 5 heteroatoms.